The standard InChI is InChI=1S/C11H8ClIN4S/c12-7-5-6(13)1-2-8(7)17-11-9(10(14)18)15-3-4-16-11/h1-5H,(H2,14,18)(H,16,17). The molecule has 0 aliphatic rings. The van der Waals surface area contributed by atoms with Gasteiger partial charge in [-0.3, -0.25) is 0 Å². The van der Waals surface area contributed by atoms with E-state index >= 15 is 0 Å². The largest absolute Gasteiger partial charge is 0.388 e. The Morgan fingerprint density at radius 2 is 2.06 bits per heavy atom. The molecule has 7 heteroatoms. The van der Waals surface area contributed by atoms with E-state index in [4.69, 9.17) is 29.6 Å². The van der Waals surface area contributed by atoms with E-state index in [1.54, 1.807) is 6.20 Å². The number of aromatic nitrogens is 2. The summed E-state index contributed by atoms with van der Waals surface area (Å²) in [4.78, 5) is 8.43. The van der Waals surface area contributed by atoms with E-state index in [1.807, 2.05) is 18.2 Å². The minimum absolute atomic E-state index is 0.187. The Morgan fingerprint density at radius 3 is 2.72 bits per heavy atom. The highest BCUT2D eigenvalue weighted by Gasteiger charge is 2.09. The molecule has 0 spiro atoms. The van der Waals surface area contributed by atoms with Crippen molar-refractivity contribution < 1.29 is 0 Å². The van der Waals surface area contributed by atoms with Crippen molar-refractivity contribution in [3.63, 3.8) is 0 Å². The predicted octanol–water partition coefficient (Wildman–Crippen LogP) is 3.11. The summed E-state index contributed by atoms with van der Waals surface area (Å²) < 4.78 is 1.05. The second-order valence-electron chi connectivity index (χ2n) is 3.37. The van der Waals surface area contributed by atoms with Crippen LogP contribution in [0, 0.1) is 3.57 Å². The Labute approximate surface area is 128 Å². The van der Waals surface area contributed by atoms with Crippen LogP contribution in [-0.4, -0.2) is 15.0 Å². The maximum Gasteiger partial charge on any atom is 0.159 e. The lowest BCUT2D eigenvalue weighted by Crippen LogP contribution is -2.15. The number of nitrogens with zero attached hydrogens (tertiary/aromatic N) is 2. The van der Waals surface area contributed by atoms with Gasteiger partial charge in [-0.1, -0.05) is 23.8 Å². The molecule has 0 amide bonds. The fourth-order valence-corrected chi connectivity index (χ4v) is 2.38. The van der Waals surface area contributed by atoms with Crippen LogP contribution in [0.25, 0.3) is 0 Å². The van der Waals surface area contributed by atoms with Crippen molar-refractivity contribution >= 4 is 62.9 Å². The fraction of sp³-hybridized carbons (Fsp3) is 0. The van der Waals surface area contributed by atoms with Crippen LogP contribution in [0.5, 0.6) is 0 Å². The molecule has 0 bridgehead atoms. The molecule has 4 nitrogen and oxygen atoms in total. The summed E-state index contributed by atoms with van der Waals surface area (Å²) in [5.74, 6) is 0.494. The molecular weight excluding hydrogens is 383 g/mol. The van der Waals surface area contributed by atoms with Crippen LogP contribution in [0.3, 0.4) is 0 Å². The molecule has 0 saturated heterocycles. The van der Waals surface area contributed by atoms with Crippen molar-refractivity contribution in [2.24, 2.45) is 5.73 Å². The molecule has 1 heterocycles. The van der Waals surface area contributed by atoms with E-state index in [1.165, 1.54) is 6.20 Å². The molecule has 2 rings (SSSR count). The summed E-state index contributed by atoms with van der Waals surface area (Å²) in [5, 5.41) is 3.67. The predicted molar refractivity (Wildman–Crippen MR) is 85.4 cm³/mol. The minimum Gasteiger partial charge on any atom is -0.388 e. The quantitative estimate of drug-likeness (QED) is 0.623. The first-order valence-electron chi connectivity index (χ1n) is 4.91. The zero-order valence-corrected chi connectivity index (χ0v) is 12.8. The number of halogens is 2. The maximum absolute atomic E-state index is 6.13. The van der Waals surface area contributed by atoms with Gasteiger partial charge in [0.2, 0.25) is 0 Å². The normalized spacial score (nSPS) is 10.1. The van der Waals surface area contributed by atoms with Crippen LogP contribution in [0.15, 0.2) is 30.6 Å². The molecule has 0 atom stereocenters. The summed E-state index contributed by atoms with van der Waals surface area (Å²) in [6.45, 7) is 0. The van der Waals surface area contributed by atoms with Gasteiger partial charge in [-0.2, -0.15) is 0 Å². The average Bonchev–Trinajstić information content (AvgIpc) is 2.33. The molecule has 0 radical (unpaired) electrons. The Balaban J connectivity index is 2.37. The number of hydrogen-bond donors (Lipinski definition) is 2. The van der Waals surface area contributed by atoms with Crippen molar-refractivity contribution in [1.82, 2.24) is 9.97 Å². The molecule has 0 aliphatic carbocycles. The molecule has 0 saturated carbocycles. The van der Waals surface area contributed by atoms with Crippen molar-refractivity contribution in [2.45, 2.75) is 0 Å². The summed E-state index contributed by atoms with van der Waals surface area (Å²) in [5.41, 5.74) is 6.76. The van der Waals surface area contributed by atoms with Crippen molar-refractivity contribution in [2.75, 3.05) is 5.32 Å². The molecule has 1 aromatic heterocycles. The van der Waals surface area contributed by atoms with E-state index in [0.717, 1.165) is 9.26 Å². The van der Waals surface area contributed by atoms with Gasteiger partial charge in [0.1, 0.15) is 10.7 Å². The highest BCUT2D eigenvalue weighted by atomic mass is 127. The van der Waals surface area contributed by atoms with E-state index in [-0.39, 0.29) is 4.99 Å². The molecule has 0 unspecified atom stereocenters. The molecule has 1 aromatic carbocycles. The fourth-order valence-electron chi connectivity index (χ4n) is 1.33. The summed E-state index contributed by atoms with van der Waals surface area (Å²) >= 11 is 13.2. The highest BCUT2D eigenvalue weighted by Crippen LogP contribution is 2.27. The van der Waals surface area contributed by atoms with Gasteiger partial charge < -0.3 is 11.1 Å². The third-order valence-corrected chi connectivity index (χ3v) is 3.29. The molecule has 3 N–H and O–H groups in total. The van der Waals surface area contributed by atoms with Crippen LogP contribution >= 0.6 is 46.4 Å². The van der Waals surface area contributed by atoms with Crippen LogP contribution < -0.4 is 11.1 Å². The van der Waals surface area contributed by atoms with Gasteiger partial charge in [-0.15, -0.1) is 0 Å². The summed E-state index contributed by atoms with van der Waals surface area (Å²) in [6, 6.07) is 5.65. The average molecular weight is 391 g/mol. The van der Waals surface area contributed by atoms with Gasteiger partial charge in [0.05, 0.1) is 10.7 Å². The zero-order chi connectivity index (χ0) is 13.1. The number of rotatable bonds is 3. The third-order valence-electron chi connectivity index (χ3n) is 2.12. The lowest BCUT2D eigenvalue weighted by atomic mass is 10.3. The monoisotopic (exact) mass is 390 g/mol. The smallest absolute Gasteiger partial charge is 0.159 e. The van der Waals surface area contributed by atoms with Crippen LogP contribution in [-0.2, 0) is 0 Å². The van der Waals surface area contributed by atoms with Crippen molar-refractivity contribution in [3.05, 3.63) is 44.9 Å². The second kappa shape index (κ2) is 5.77. The molecule has 18 heavy (non-hydrogen) atoms. The number of nitrogens with one attached hydrogen (secondary N) is 1. The van der Waals surface area contributed by atoms with E-state index in [2.05, 4.69) is 37.9 Å². The van der Waals surface area contributed by atoms with Crippen molar-refractivity contribution in [1.29, 1.82) is 0 Å². The first-order chi connectivity index (χ1) is 8.58. The van der Waals surface area contributed by atoms with Gasteiger partial charge in [-0.05, 0) is 40.8 Å². The Hall–Kier alpha value is -0.990. The molecule has 2 aromatic rings. The topological polar surface area (TPSA) is 63.8 Å². The SMILES string of the molecule is NC(=S)c1nccnc1Nc1ccc(I)cc1Cl. The first-order valence-corrected chi connectivity index (χ1v) is 6.77. The van der Waals surface area contributed by atoms with E-state index in [9.17, 15) is 0 Å². The Morgan fingerprint density at radius 1 is 1.33 bits per heavy atom. The van der Waals surface area contributed by atoms with Gasteiger partial charge in [-0.25, -0.2) is 9.97 Å². The van der Waals surface area contributed by atoms with Gasteiger partial charge >= 0.3 is 0 Å². The minimum atomic E-state index is 0.187. The van der Waals surface area contributed by atoms with E-state index in [0.29, 0.717) is 16.5 Å². The third kappa shape index (κ3) is 3.06. The lowest BCUT2D eigenvalue weighted by Gasteiger charge is -2.10. The van der Waals surface area contributed by atoms with Gasteiger partial charge in [0.15, 0.2) is 5.82 Å². The number of benzene rings is 1. The van der Waals surface area contributed by atoms with Crippen LogP contribution in [0.4, 0.5) is 11.5 Å². The maximum atomic E-state index is 6.13. The highest BCUT2D eigenvalue weighted by molar-refractivity contribution is 14.1. The summed E-state index contributed by atoms with van der Waals surface area (Å²) in [7, 11) is 0. The number of hydrogen-bond acceptors (Lipinski definition) is 4. The number of thiocarbonyl (C=S) groups is 1. The molecule has 0 aliphatic heterocycles. The van der Waals surface area contributed by atoms with Crippen molar-refractivity contribution in [3.8, 4) is 0 Å². The van der Waals surface area contributed by atoms with Gasteiger partial charge in [0.25, 0.3) is 0 Å². The molecular formula is C11H8ClIN4S. The Kier molecular flexibility index (Phi) is 4.31. The molecule has 0 fully saturated rings. The first kappa shape index (κ1) is 13.4. The Bertz CT molecular complexity index is 605. The zero-order valence-electron chi connectivity index (χ0n) is 9.02. The van der Waals surface area contributed by atoms with Crippen LogP contribution in [0.1, 0.15) is 5.69 Å². The second-order valence-corrected chi connectivity index (χ2v) is 5.46. The van der Waals surface area contributed by atoms with E-state index < -0.39 is 0 Å². The molecule has 92 valence electrons. The van der Waals surface area contributed by atoms with Crippen LogP contribution in [0.2, 0.25) is 5.02 Å². The lowest BCUT2D eigenvalue weighted by molar-refractivity contribution is 1.18. The number of anilines is 2. The summed E-state index contributed by atoms with van der Waals surface area (Å²) in [6.07, 6.45) is 3.10. The van der Waals surface area contributed by atoms with Gasteiger partial charge in [0, 0.05) is 16.0 Å². The number of nitrogens with two attached hydrogens (primary N) is 1.